The number of aromatic nitrogens is 3. The molecule has 198 valence electrons. The summed E-state index contributed by atoms with van der Waals surface area (Å²) in [6, 6.07) is 14.5. The smallest absolute Gasteiger partial charge is 0.406 e. The van der Waals surface area contributed by atoms with Gasteiger partial charge in [-0.3, -0.25) is 14.4 Å². The highest BCUT2D eigenvalue weighted by atomic mass is 19.4. The zero-order valence-corrected chi connectivity index (χ0v) is 20.7. The number of hydrogen-bond acceptors (Lipinski definition) is 6. The number of fused-ring (bicyclic) bond motifs is 1. The fraction of sp³-hybridized carbons (Fsp3) is 0.231. The van der Waals surface area contributed by atoms with Crippen LogP contribution in [-0.2, 0) is 11.3 Å². The first-order valence-electron chi connectivity index (χ1n) is 11.5. The van der Waals surface area contributed by atoms with Crippen LogP contribution in [0.15, 0.2) is 76.4 Å². The molecule has 2 aromatic heterocycles. The Morgan fingerprint density at radius 1 is 0.947 bits per heavy atom. The van der Waals surface area contributed by atoms with E-state index in [1.54, 1.807) is 56.4 Å². The van der Waals surface area contributed by atoms with E-state index in [2.05, 4.69) is 20.5 Å². The van der Waals surface area contributed by atoms with Crippen LogP contribution >= 0.6 is 0 Å². The van der Waals surface area contributed by atoms with Gasteiger partial charge in [0.15, 0.2) is 5.82 Å². The first-order valence-corrected chi connectivity index (χ1v) is 11.5. The van der Waals surface area contributed by atoms with Crippen molar-refractivity contribution in [3.05, 3.63) is 87.6 Å². The molecule has 12 heteroatoms. The second kappa shape index (κ2) is 10.0. The van der Waals surface area contributed by atoms with E-state index in [4.69, 9.17) is 0 Å². The zero-order chi connectivity index (χ0) is 27.7. The Hall–Kier alpha value is -4.61. The molecule has 1 amide bonds. The van der Waals surface area contributed by atoms with Gasteiger partial charge >= 0.3 is 6.36 Å². The number of alkyl halides is 3. The predicted octanol–water partition coefficient (Wildman–Crippen LogP) is 3.96. The minimum atomic E-state index is -4.85. The molecule has 2 aromatic carbocycles. The number of carbonyl (C=O) groups excluding carboxylic acids is 1. The normalized spacial score (nSPS) is 11.8. The molecular weight excluding hydrogens is 503 g/mol. The number of anilines is 2. The van der Waals surface area contributed by atoms with Gasteiger partial charge < -0.3 is 19.9 Å². The lowest BCUT2D eigenvalue weighted by molar-refractivity contribution is -0.274. The van der Waals surface area contributed by atoms with Crippen molar-refractivity contribution in [3.63, 3.8) is 0 Å². The molecule has 0 unspecified atom stereocenters. The van der Waals surface area contributed by atoms with Gasteiger partial charge in [-0.05, 0) is 56.3 Å². The Kier molecular flexibility index (Phi) is 6.99. The van der Waals surface area contributed by atoms with Gasteiger partial charge in [0.05, 0.1) is 16.5 Å². The molecule has 9 nitrogen and oxygen atoms in total. The fourth-order valence-electron chi connectivity index (χ4n) is 3.97. The summed E-state index contributed by atoms with van der Waals surface area (Å²) in [5, 5.41) is 10.7. The average Bonchev–Trinajstić information content (AvgIpc) is 2.87. The van der Waals surface area contributed by atoms with Crippen molar-refractivity contribution in [2.24, 2.45) is 5.41 Å². The lowest BCUT2D eigenvalue weighted by atomic mass is 9.92. The highest BCUT2D eigenvalue weighted by Crippen LogP contribution is 2.25. The molecule has 0 spiro atoms. The van der Waals surface area contributed by atoms with E-state index in [0.29, 0.717) is 5.39 Å². The molecule has 0 aliphatic rings. The van der Waals surface area contributed by atoms with Crippen LogP contribution in [0.5, 0.6) is 5.75 Å². The first kappa shape index (κ1) is 26.5. The third-order valence-electron chi connectivity index (χ3n) is 5.80. The van der Waals surface area contributed by atoms with E-state index in [-0.39, 0.29) is 35.0 Å². The van der Waals surface area contributed by atoms with Gasteiger partial charge in [0, 0.05) is 25.2 Å². The van der Waals surface area contributed by atoms with Crippen LogP contribution in [0.3, 0.4) is 0 Å². The molecule has 0 fully saturated rings. The van der Waals surface area contributed by atoms with Crippen LogP contribution < -0.4 is 26.5 Å². The highest BCUT2D eigenvalue weighted by Gasteiger charge is 2.31. The van der Waals surface area contributed by atoms with Gasteiger partial charge in [-0.15, -0.1) is 18.3 Å². The number of nitrogens with zero attached hydrogens (tertiary/aromatic N) is 3. The van der Waals surface area contributed by atoms with Crippen LogP contribution in [-0.4, -0.2) is 33.7 Å². The lowest BCUT2D eigenvalue weighted by Crippen LogP contribution is -2.40. The van der Waals surface area contributed by atoms with Crippen LogP contribution in [0.1, 0.15) is 13.8 Å². The second-order valence-corrected chi connectivity index (χ2v) is 9.10. The molecule has 0 atom stereocenters. The Bertz CT molecular complexity index is 1610. The van der Waals surface area contributed by atoms with Gasteiger partial charge in [0.1, 0.15) is 11.4 Å². The molecule has 0 aliphatic heterocycles. The number of amides is 1. The van der Waals surface area contributed by atoms with Gasteiger partial charge in [-0.25, -0.2) is 0 Å². The summed E-state index contributed by atoms with van der Waals surface area (Å²) in [6.07, 6.45) is -3.29. The van der Waals surface area contributed by atoms with E-state index in [1.165, 1.54) is 23.7 Å². The average molecular weight is 528 g/mol. The van der Waals surface area contributed by atoms with Crippen LogP contribution in [0.4, 0.5) is 24.7 Å². The summed E-state index contributed by atoms with van der Waals surface area (Å²) in [4.78, 5) is 38.6. The number of nitrogens with one attached hydrogen (secondary N) is 2. The van der Waals surface area contributed by atoms with Crippen molar-refractivity contribution in [1.29, 1.82) is 0 Å². The van der Waals surface area contributed by atoms with Crippen LogP contribution in [0.25, 0.3) is 16.5 Å². The Morgan fingerprint density at radius 3 is 2.24 bits per heavy atom. The van der Waals surface area contributed by atoms with Gasteiger partial charge in [0.2, 0.25) is 5.91 Å². The maximum atomic E-state index is 13.2. The molecule has 0 saturated carbocycles. The summed E-state index contributed by atoms with van der Waals surface area (Å²) >= 11 is 0. The zero-order valence-electron chi connectivity index (χ0n) is 20.7. The lowest BCUT2D eigenvalue weighted by Gasteiger charge is -2.23. The van der Waals surface area contributed by atoms with Crippen molar-refractivity contribution in [1.82, 2.24) is 19.7 Å². The number of rotatable bonds is 7. The van der Waals surface area contributed by atoms with E-state index in [9.17, 15) is 27.6 Å². The molecule has 0 saturated heterocycles. The number of benzene rings is 2. The molecule has 4 aromatic rings. The number of pyridine rings is 1. The van der Waals surface area contributed by atoms with Crippen LogP contribution in [0, 0.1) is 5.41 Å². The van der Waals surface area contributed by atoms with Crippen molar-refractivity contribution in [3.8, 4) is 11.4 Å². The SMILES string of the molecule is CNC(=O)C(C)(C)Cn1cccc(Nc2nn(-c3ccc(OC(F)(F)F)cc3)c(=O)c3ccccc23)c1=O. The van der Waals surface area contributed by atoms with Crippen LogP contribution in [0.2, 0.25) is 0 Å². The molecule has 2 N–H and O–H groups in total. The first-order chi connectivity index (χ1) is 17.9. The molecule has 0 aliphatic carbocycles. The summed E-state index contributed by atoms with van der Waals surface area (Å²) in [5.41, 5.74) is -1.44. The molecule has 4 rings (SSSR count). The molecule has 0 bridgehead atoms. The van der Waals surface area contributed by atoms with Crippen molar-refractivity contribution in [2.45, 2.75) is 26.8 Å². The standard InChI is InChI=1S/C26H24F3N5O4/c1-25(2,24(37)30-3)15-33-14-6-9-20(23(33)36)31-21-18-7-4-5-8-19(18)22(35)34(32-21)16-10-12-17(13-11-16)38-26(27,28)29/h4-14H,15H2,1-3H3,(H,30,37)(H,31,32). The minimum Gasteiger partial charge on any atom is -0.406 e. The Morgan fingerprint density at radius 2 is 1.61 bits per heavy atom. The summed E-state index contributed by atoms with van der Waals surface area (Å²) < 4.78 is 43.9. The molecule has 0 radical (unpaired) electrons. The summed E-state index contributed by atoms with van der Waals surface area (Å²) in [7, 11) is 1.52. The fourth-order valence-corrected chi connectivity index (χ4v) is 3.97. The predicted molar refractivity (Wildman–Crippen MR) is 136 cm³/mol. The molecule has 38 heavy (non-hydrogen) atoms. The van der Waals surface area contributed by atoms with E-state index in [1.807, 2.05) is 0 Å². The monoisotopic (exact) mass is 527 g/mol. The Labute approximate surface area is 214 Å². The summed E-state index contributed by atoms with van der Waals surface area (Å²) in [5.74, 6) is -0.497. The van der Waals surface area contributed by atoms with Crippen molar-refractivity contribution >= 4 is 28.2 Å². The van der Waals surface area contributed by atoms with Gasteiger partial charge in [-0.1, -0.05) is 18.2 Å². The number of hydrogen-bond donors (Lipinski definition) is 2. The van der Waals surface area contributed by atoms with Gasteiger partial charge in [-0.2, -0.15) is 4.68 Å². The minimum absolute atomic E-state index is 0.112. The second-order valence-electron chi connectivity index (χ2n) is 9.10. The number of carbonyl (C=O) groups is 1. The van der Waals surface area contributed by atoms with E-state index < -0.39 is 28.6 Å². The highest BCUT2D eigenvalue weighted by molar-refractivity contribution is 5.92. The van der Waals surface area contributed by atoms with Crippen molar-refractivity contribution in [2.75, 3.05) is 12.4 Å². The van der Waals surface area contributed by atoms with E-state index >= 15 is 0 Å². The number of halogens is 3. The third-order valence-corrected chi connectivity index (χ3v) is 5.80. The molecule has 2 heterocycles. The topological polar surface area (TPSA) is 107 Å². The van der Waals surface area contributed by atoms with Crippen molar-refractivity contribution < 1.29 is 22.7 Å². The quantitative estimate of drug-likeness (QED) is 0.377. The third kappa shape index (κ3) is 5.53. The maximum Gasteiger partial charge on any atom is 0.573 e. The largest absolute Gasteiger partial charge is 0.573 e. The molecular formula is C26H24F3N5O4. The maximum absolute atomic E-state index is 13.2. The Balaban J connectivity index is 1.76. The summed E-state index contributed by atoms with van der Waals surface area (Å²) in [6.45, 7) is 3.55. The van der Waals surface area contributed by atoms with Gasteiger partial charge in [0.25, 0.3) is 11.1 Å². The number of ether oxygens (including phenoxy) is 1. The van der Waals surface area contributed by atoms with E-state index in [0.717, 1.165) is 16.8 Å².